The summed E-state index contributed by atoms with van der Waals surface area (Å²) >= 11 is 0. The first-order valence-electron chi connectivity index (χ1n) is 10.9. The number of hydrogen-bond donors (Lipinski definition) is 1. The van der Waals surface area contributed by atoms with Crippen molar-refractivity contribution in [2.24, 2.45) is 5.92 Å². The van der Waals surface area contributed by atoms with Crippen LogP contribution in [-0.2, 0) is 10.0 Å². The van der Waals surface area contributed by atoms with Gasteiger partial charge < -0.3 is 14.5 Å². The quantitative estimate of drug-likeness (QED) is 0.687. The smallest absolute Gasteiger partial charge is 0.214 e. The summed E-state index contributed by atoms with van der Waals surface area (Å²) < 4.78 is 29.9. The second-order valence-corrected chi connectivity index (χ2v) is 10.9. The van der Waals surface area contributed by atoms with E-state index in [1.807, 2.05) is 19.4 Å². The highest BCUT2D eigenvalue weighted by atomic mass is 32.2. The van der Waals surface area contributed by atoms with Crippen molar-refractivity contribution in [3.8, 4) is 0 Å². The summed E-state index contributed by atoms with van der Waals surface area (Å²) in [6, 6.07) is 2.43. The van der Waals surface area contributed by atoms with Gasteiger partial charge in [0.1, 0.15) is 17.0 Å². The molecule has 2 aliphatic rings. The number of nitrogens with one attached hydrogen (secondary N) is 1. The van der Waals surface area contributed by atoms with Crippen LogP contribution in [0.3, 0.4) is 0 Å². The predicted molar refractivity (Wildman–Crippen MR) is 118 cm³/mol. The normalized spacial score (nSPS) is 24.7. The Hall–Kier alpha value is -1.97. The van der Waals surface area contributed by atoms with Crippen molar-refractivity contribution in [3.63, 3.8) is 0 Å². The lowest BCUT2D eigenvalue weighted by Crippen LogP contribution is -2.48. The van der Waals surface area contributed by atoms with Gasteiger partial charge in [0.2, 0.25) is 10.0 Å². The summed E-state index contributed by atoms with van der Waals surface area (Å²) in [6.45, 7) is 4.94. The Balaban J connectivity index is 1.31. The number of nitrogens with zero attached hydrogens (tertiary/aromatic N) is 5. The van der Waals surface area contributed by atoms with E-state index in [1.54, 1.807) is 4.31 Å². The third kappa shape index (κ3) is 3.52. The molecule has 1 saturated carbocycles. The van der Waals surface area contributed by atoms with E-state index in [2.05, 4.69) is 32.4 Å². The number of rotatable bonds is 4. The minimum atomic E-state index is -3.17. The Bertz CT molecular complexity index is 1150. The molecule has 0 atom stereocenters. The number of fused-ring (bicyclic) bond motifs is 3. The maximum Gasteiger partial charge on any atom is 0.214 e. The first kappa shape index (κ1) is 20.0. The topological polar surface area (TPSA) is 87.1 Å². The molecule has 30 heavy (non-hydrogen) atoms. The highest BCUT2D eigenvalue weighted by Crippen LogP contribution is 2.37. The van der Waals surface area contributed by atoms with Gasteiger partial charge in [-0.2, -0.15) is 4.31 Å². The first-order valence-corrected chi connectivity index (χ1v) is 12.5. The van der Waals surface area contributed by atoms with Crippen molar-refractivity contribution in [1.29, 1.82) is 0 Å². The maximum atomic E-state index is 12.9. The predicted octanol–water partition coefficient (Wildman–Crippen LogP) is 2.53. The van der Waals surface area contributed by atoms with E-state index in [-0.39, 0.29) is 5.92 Å². The third-order valence-electron chi connectivity index (χ3n) is 6.89. The number of likely N-dealkylation sites (N-methyl/N-ethyl adjacent to an activating group) is 1. The maximum absolute atomic E-state index is 12.9. The number of aryl methyl sites for hydroxylation is 1. The molecule has 8 nitrogen and oxygen atoms in total. The molecule has 1 saturated heterocycles. The van der Waals surface area contributed by atoms with Crippen molar-refractivity contribution in [2.75, 3.05) is 39.0 Å². The van der Waals surface area contributed by atoms with E-state index < -0.39 is 10.0 Å². The molecular formula is C21H30N6O2S. The lowest BCUT2D eigenvalue weighted by atomic mass is 9.87. The molecule has 0 amide bonds. The molecule has 1 aliphatic heterocycles. The summed E-state index contributed by atoms with van der Waals surface area (Å²) in [6.07, 6.45) is 7.62. The number of sulfonamides is 1. The average Bonchev–Trinajstić information content (AvgIpc) is 3.32. The molecule has 0 spiro atoms. The Morgan fingerprint density at radius 2 is 1.87 bits per heavy atom. The molecule has 3 aromatic heterocycles. The molecule has 0 bridgehead atoms. The minimum absolute atomic E-state index is 0.245. The summed E-state index contributed by atoms with van der Waals surface area (Å²) in [5.74, 6) is 1.54. The fraction of sp³-hybridized carbons (Fsp3) is 0.619. The standard InChI is InChI=1S/C21H30N6O2S/c1-15-24-19-13-23-21-18(7-8-22-21)20(19)27(15)17-5-3-16(4-6-17)14-30(28,29)26-11-9-25(2)10-12-26/h7-8,13,16-17H,3-6,9-12,14H2,1-2H3,(H,22,23)/t16-,17-. The number of pyridine rings is 1. The van der Waals surface area contributed by atoms with E-state index in [1.165, 1.54) is 0 Å². The number of aromatic amines is 1. The zero-order chi connectivity index (χ0) is 20.9. The van der Waals surface area contributed by atoms with Gasteiger partial charge in [-0.15, -0.1) is 0 Å². The monoisotopic (exact) mass is 430 g/mol. The zero-order valence-electron chi connectivity index (χ0n) is 17.7. The van der Waals surface area contributed by atoms with Gasteiger partial charge in [-0.05, 0) is 51.6 Å². The number of aromatic nitrogens is 4. The molecule has 162 valence electrons. The van der Waals surface area contributed by atoms with Gasteiger partial charge in [-0.3, -0.25) is 0 Å². The molecule has 0 unspecified atom stereocenters. The van der Waals surface area contributed by atoms with Crippen molar-refractivity contribution >= 4 is 32.1 Å². The van der Waals surface area contributed by atoms with E-state index in [0.717, 1.165) is 66.7 Å². The summed E-state index contributed by atoms with van der Waals surface area (Å²) in [4.78, 5) is 14.6. The lowest BCUT2D eigenvalue weighted by Gasteiger charge is -2.34. The van der Waals surface area contributed by atoms with E-state index >= 15 is 0 Å². The van der Waals surface area contributed by atoms with Crippen LogP contribution in [0.2, 0.25) is 0 Å². The highest BCUT2D eigenvalue weighted by Gasteiger charge is 2.32. The van der Waals surface area contributed by atoms with Crippen LogP contribution in [0.1, 0.15) is 37.5 Å². The molecule has 5 rings (SSSR count). The highest BCUT2D eigenvalue weighted by molar-refractivity contribution is 7.89. The van der Waals surface area contributed by atoms with Gasteiger partial charge in [0, 0.05) is 43.8 Å². The van der Waals surface area contributed by atoms with Crippen LogP contribution < -0.4 is 0 Å². The second kappa shape index (κ2) is 7.62. The van der Waals surface area contributed by atoms with Gasteiger partial charge in [0.15, 0.2) is 0 Å². The van der Waals surface area contributed by atoms with Crippen LogP contribution in [0.4, 0.5) is 0 Å². The van der Waals surface area contributed by atoms with E-state index in [4.69, 9.17) is 4.98 Å². The molecule has 1 aliphatic carbocycles. The Morgan fingerprint density at radius 3 is 2.60 bits per heavy atom. The SMILES string of the molecule is Cc1nc2cnc3[nH]ccc3c2n1[C@H]1CC[C@H](CS(=O)(=O)N2CCN(C)CC2)CC1. The number of imidazole rings is 1. The number of hydrogen-bond acceptors (Lipinski definition) is 5. The van der Waals surface area contributed by atoms with Crippen LogP contribution in [0.25, 0.3) is 22.1 Å². The second-order valence-electron chi connectivity index (χ2n) is 8.92. The largest absolute Gasteiger partial charge is 0.346 e. The van der Waals surface area contributed by atoms with Gasteiger partial charge in [0.05, 0.1) is 17.5 Å². The lowest BCUT2D eigenvalue weighted by molar-refractivity contribution is 0.220. The number of piperazine rings is 1. The molecule has 3 aromatic rings. The van der Waals surface area contributed by atoms with Crippen LogP contribution in [-0.4, -0.2) is 76.1 Å². The van der Waals surface area contributed by atoms with Gasteiger partial charge in [0.25, 0.3) is 0 Å². The van der Waals surface area contributed by atoms with Crippen molar-refractivity contribution in [1.82, 2.24) is 28.7 Å². The third-order valence-corrected chi connectivity index (χ3v) is 8.94. The summed E-state index contributed by atoms with van der Waals surface area (Å²) in [7, 11) is -1.12. The Kier molecular flexibility index (Phi) is 5.07. The molecule has 9 heteroatoms. The van der Waals surface area contributed by atoms with Crippen molar-refractivity contribution in [3.05, 3.63) is 24.3 Å². The van der Waals surface area contributed by atoms with Crippen LogP contribution in [0.15, 0.2) is 18.5 Å². The fourth-order valence-electron chi connectivity index (χ4n) is 5.19. The fourth-order valence-corrected chi connectivity index (χ4v) is 7.05. The average molecular weight is 431 g/mol. The molecule has 1 N–H and O–H groups in total. The zero-order valence-corrected chi connectivity index (χ0v) is 18.5. The first-order chi connectivity index (χ1) is 14.4. The van der Waals surface area contributed by atoms with Gasteiger partial charge >= 0.3 is 0 Å². The Labute approximate surface area is 177 Å². The van der Waals surface area contributed by atoms with Gasteiger partial charge in [-0.25, -0.2) is 18.4 Å². The molecular weight excluding hydrogens is 400 g/mol. The van der Waals surface area contributed by atoms with E-state index in [9.17, 15) is 8.42 Å². The molecule has 0 aromatic carbocycles. The molecule has 4 heterocycles. The minimum Gasteiger partial charge on any atom is -0.346 e. The molecule has 2 fully saturated rings. The van der Waals surface area contributed by atoms with Gasteiger partial charge in [-0.1, -0.05) is 0 Å². The van der Waals surface area contributed by atoms with Crippen LogP contribution in [0.5, 0.6) is 0 Å². The summed E-state index contributed by atoms with van der Waals surface area (Å²) in [5, 5.41) is 1.10. The van der Waals surface area contributed by atoms with Crippen LogP contribution >= 0.6 is 0 Å². The van der Waals surface area contributed by atoms with Crippen molar-refractivity contribution < 1.29 is 8.42 Å². The summed E-state index contributed by atoms with van der Waals surface area (Å²) in [5.41, 5.74) is 2.96. The van der Waals surface area contributed by atoms with Crippen LogP contribution in [0, 0.1) is 12.8 Å². The molecule has 0 radical (unpaired) electrons. The number of H-pyrrole nitrogens is 1. The Morgan fingerprint density at radius 1 is 1.13 bits per heavy atom. The van der Waals surface area contributed by atoms with E-state index in [0.29, 0.717) is 24.9 Å². The van der Waals surface area contributed by atoms with Crippen molar-refractivity contribution in [2.45, 2.75) is 38.6 Å².